The molecule has 0 saturated heterocycles. The third kappa shape index (κ3) is 4.47. The van der Waals surface area contributed by atoms with E-state index in [-0.39, 0.29) is 12.2 Å². The lowest BCUT2D eigenvalue weighted by Gasteiger charge is -2.09. The molecule has 6 nitrogen and oxygen atoms in total. The van der Waals surface area contributed by atoms with Crippen LogP contribution in [-0.4, -0.2) is 29.7 Å². The molecule has 17 heavy (non-hydrogen) atoms. The van der Waals surface area contributed by atoms with Crippen LogP contribution in [0.3, 0.4) is 0 Å². The minimum atomic E-state index is -1.45. The quantitative estimate of drug-likeness (QED) is 0.586. The largest absolute Gasteiger partial charge is 0.381 e. The van der Waals surface area contributed by atoms with Gasteiger partial charge < -0.3 is 21.5 Å². The molecule has 5 N–H and O–H groups in total. The summed E-state index contributed by atoms with van der Waals surface area (Å²) in [6, 6.07) is 4.62. The molecule has 7 heteroatoms. The van der Waals surface area contributed by atoms with Crippen molar-refractivity contribution in [1.82, 2.24) is 5.32 Å². The van der Waals surface area contributed by atoms with Gasteiger partial charge in [0.2, 0.25) is 5.91 Å². The summed E-state index contributed by atoms with van der Waals surface area (Å²) in [6.45, 7) is -0.309. The van der Waals surface area contributed by atoms with Gasteiger partial charge in [0.1, 0.15) is 11.9 Å². The van der Waals surface area contributed by atoms with Crippen molar-refractivity contribution in [2.45, 2.75) is 6.10 Å². The highest BCUT2D eigenvalue weighted by atomic mass is 19.1. The Kier molecular flexibility index (Phi) is 4.41. The highest BCUT2D eigenvalue weighted by Gasteiger charge is 2.11. The van der Waals surface area contributed by atoms with Gasteiger partial charge in [0.25, 0.3) is 0 Å². The van der Waals surface area contributed by atoms with Crippen LogP contribution in [0.25, 0.3) is 0 Å². The average Bonchev–Trinajstić information content (AvgIpc) is 2.25. The van der Waals surface area contributed by atoms with E-state index in [1.165, 1.54) is 18.2 Å². The summed E-state index contributed by atoms with van der Waals surface area (Å²) in [5.41, 5.74) is 5.04. The molecule has 3 amide bonds. The number of hydrogen-bond donors (Lipinski definition) is 4. The Morgan fingerprint density at radius 2 is 2.18 bits per heavy atom. The molecule has 1 atom stereocenters. The normalized spacial score (nSPS) is 11.6. The fourth-order valence-electron chi connectivity index (χ4n) is 1.03. The SMILES string of the molecule is NC(=O)C(O)CNC(=O)Nc1cccc(F)c1. The first-order chi connectivity index (χ1) is 7.99. The topological polar surface area (TPSA) is 104 Å². The van der Waals surface area contributed by atoms with Crippen LogP contribution in [0, 0.1) is 5.82 Å². The maximum absolute atomic E-state index is 12.8. The number of carbonyl (C=O) groups excluding carboxylic acids is 2. The van der Waals surface area contributed by atoms with E-state index < -0.39 is 23.9 Å². The molecule has 1 aromatic carbocycles. The zero-order valence-electron chi connectivity index (χ0n) is 8.81. The molecule has 0 aliphatic carbocycles. The van der Waals surface area contributed by atoms with E-state index in [1.54, 1.807) is 0 Å². The first kappa shape index (κ1) is 12.9. The Labute approximate surface area is 96.6 Å². The first-order valence-electron chi connectivity index (χ1n) is 4.77. The fraction of sp³-hybridized carbons (Fsp3) is 0.200. The van der Waals surface area contributed by atoms with Gasteiger partial charge in [-0.2, -0.15) is 0 Å². The van der Waals surface area contributed by atoms with Crippen LogP contribution in [0.2, 0.25) is 0 Å². The van der Waals surface area contributed by atoms with Gasteiger partial charge in [-0.05, 0) is 18.2 Å². The lowest BCUT2D eigenvalue weighted by atomic mass is 10.3. The molecule has 92 valence electrons. The van der Waals surface area contributed by atoms with Crippen molar-refractivity contribution in [2.75, 3.05) is 11.9 Å². The number of halogens is 1. The number of nitrogens with one attached hydrogen (secondary N) is 2. The van der Waals surface area contributed by atoms with Gasteiger partial charge in [-0.3, -0.25) is 4.79 Å². The average molecular weight is 241 g/mol. The number of amides is 3. The van der Waals surface area contributed by atoms with Crippen molar-refractivity contribution < 1.29 is 19.1 Å². The third-order valence-electron chi connectivity index (χ3n) is 1.87. The minimum absolute atomic E-state index is 0.260. The summed E-state index contributed by atoms with van der Waals surface area (Å²) in [7, 11) is 0. The van der Waals surface area contributed by atoms with Crippen molar-refractivity contribution in [2.24, 2.45) is 5.73 Å². The molecule has 0 aliphatic rings. The van der Waals surface area contributed by atoms with Crippen LogP contribution in [-0.2, 0) is 4.79 Å². The molecular formula is C10H12FN3O3. The highest BCUT2D eigenvalue weighted by molar-refractivity contribution is 5.89. The molecule has 1 aromatic rings. The molecule has 0 spiro atoms. The molecule has 0 aromatic heterocycles. The zero-order valence-corrected chi connectivity index (χ0v) is 8.81. The number of rotatable bonds is 4. The highest BCUT2D eigenvalue weighted by Crippen LogP contribution is 2.08. The molecule has 0 heterocycles. The van der Waals surface area contributed by atoms with Gasteiger partial charge in [0.15, 0.2) is 0 Å². The Morgan fingerprint density at radius 1 is 1.47 bits per heavy atom. The van der Waals surface area contributed by atoms with Crippen LogP contribution in [0.4, 0.5) is 14.9 Å². The predicted molar refractivity (Wildman–Crippen MR) is 58.6 cm³/mol. The lowest BCUT2D eigenvalue weighted by molar-refractivity contribution is -0.125. The van der Waals surface area contributed by atoms with Crippen molar-refractivity contribution in [3.05, 3.63) is 30.1 Å². The van der Waals surface area contributed by atoms with E-state index in [1.807, 2.05) is 0 Å². The van der Waals surface area contributed by atoms with Crippen LogP contribution in [0.5, 0.6) is 0 Å². The van der Waals surface area contributed by atoms with E-state index in [9.17, 15) is 14.0 Å². The number of carbonyl (C=O) groups is 2. The van der Waals surface area contributed by atoms with Gasteiger partial charge in [-0.15, -0.1) is 0 Å². The summed E-state index contributed by atoms with van der Waals surface area (Å²) in [5.74, 6) is -1.42. The Bertz CT molecular complexity index is 425. The van der Waals surface area contributed by atoms with Gasteiger partial charge >= 0.3 is 6.03 Å². The number of anilines is 1. The second kappa shape index (κ2) is 5.80. The van der Waals surface area contributed by atoms with Crippen molar-refractivity contribution >= 4 is 17.6 Å². The molecule has 0 aliphatic heterocycles. The van der Waals surface area contributed by atoms with Gasteiger partial charge in [0, 0.05) is 5.69 Å². The molecule has 0 fully saturated rings. The molecule has 1 unspecified atom stereocenters. The Morgan fingerprint density at radius 3 is 2.76 bits per heavy atom. The third-order valence-corrected chi connectivity index (χ3v) is 1.87. The second-order valence-corrected chi connectivity index (χ2v) is 3.26. The van der Waals surface area contributed by atoms with Gasteiger partial charge in [0.05, 0.1) is 6.54 Å². The number of hydrogen-bond acceptors (Lipinski definition) is 3. The second-order valence-electron chi connectivity index (χ2n) is 3.26. The summed E-state index contributed by atoms with van der Waals surface area (Å²) in [4.78, 5) is 21.7. The predicted octanol–water partition coefficient (Wildman–Crippen LogP) is -0.207. The van der Waals surface area contributed by atoms with Crippen molar-refractivity contribution in [3.63, 3.8) is 0 Å². The fourth-order valence-corrected chi connectivity index (χ4v) is 1.03. The number of primary amides is 1. The Balaban J connectivity index is 2.42. The maximum atomic E-state index is 12.8. The van der Waals surface area contributed by atoms with Gasteiger partial charge in [-0.1, -0.05) is 6.07 Å². The summed E-state index contributed by atoms with van der Waals surface area (Å²) in [6.07, 6.45) is -1.45. The molecule has 0 bridgehead atoms. The summed E-state index contributed by atoms with van der Waals surface area (Å²) < 4.78 is 12.8. The molecule has 1 rings (SSSR count). The van der Waals surface area contributed by atoms with Gasteiger partial charge in [-0.25, -0.2) is 9.18 Å². The van der Waals surface area contributed by atoms with Crippen molar-refractivity contribution in [1.29, 1.82) is 0 Å². The number of aliphatic hydroxyl groups excluding tert-OH is 1. The number of aliphatic hydroxyl groups is 1. The smallest absolute Gasteiger partial charge is 0.319 e. The van der Waals surface area contributed by atoms with Crippen LogP contribution in [0.15, 0.2) is 24.3 Å². The number of nitrogens with two attached hydrogens (primary N) is 1. The zero-order chi connectivity index (χ0) is 12.8. The molecule has 0 radical (unpaired) electrons. The van der Waals surface area contributed by atoms with Crippen molar-refractivity contribution in [3.8, 4) is 0 Å². The minimum Gasteiger partial charge on any atom is -0.381 e. The number of benzene rings is 1. The number of urea groups is 1. The van der Waals surface area contributed by atoms with Crippen LogP contribution >= 0.6 is 0 Å². The van der Waals surface area contributed by atoms with E-state index in [2.05, 4.69) is 10.6 Å². The standard InChI is InChI=1S/C10H12FN3O3/c11-6-2-1-3-7(4-6)14-10(17)13-5-8(15)9(12)16/h1-4,8,15H,5H2,(H2,12,16)(H2,13,14,17). The molecule has 0 saturated carbocycles. The maximum Gasteiger partial charge on any atom is 0.319 e. The van der Waals surface area contributed by atoms with E-state index >= 15 is 0 Å². The van der Waals surface area contributed by atoms with E-state index in [0.717, 1.165) is 6.07 Å². The van der Waals surface area contributed by atoms with E-state index in [0.29, 0.717) is 0 Å². The monoisotopic (exact) mass is 241 g/mol. The Hall–Kier alpha value is -2.15. The van der Waals surface area contributed by atoms with E-state index in [4.69, 9.17) is 10.8 Å². The lowest BCUT2D eigenvalue weighted by Crippen LogP contribution is -2.41. The molecular weight excluding hydrogens is 229 g/mol. The van der Waals surface area contributed by atoms with Crippen LogP contribution in [0.1, 0.15) is 0 Å². The first-order valence-corrected chi connectivity index (χ1v) is 4.77. The van der Waals surface area contributed by atoms with Crippen LogP contribution < -0.4 is 16.4 Å². The summed E-state index contributed by atoms with van der Waals surface area (Å²) >= 11 is 0. The summed E-state index contributed by atoms with van der Waals surface area (Å²) in [5, 5.41) is 13.5.